The van der Waals surface area contributed by atoms with Gasteiger partial charge in [0, 0.05) is 20.0 Å². The van der Waals surface area contributed by atoms with Crippen LogP contribution in [0.1, 0.15) is 33.6 Å². The zero-order valence-corrected chi connectivity index (χ0v) is 8.42. The van der Waals surface area contributed by atoms with Crippen molar-refractivity contribution in [2.75, 3.05) is 13.6 Å². The molecule has 0 saturated heterocycles. The highest BCUT2D eigenvalue weighted by atomic mass is 16.3. The van der Waals surface area contributed by atoms with Crippen LogP contribution in [0.25, 0.3) is 0 Å². The Balaban J connectivity index is 3.87. The van der Waals surface area contributed by atoms with Gasteiger partial charge in [-0.25, -0.2) is 0 Å². The molecule has 0 atom stereocenters. The predicted molar refractivity (Wildman–Crippen MR) is 48.8 cm³/mol. The minimum atomic E-state index is -0.794. The summed E-state index contributed by atoms with van der Waals surface area (Å²) in [7, 11) is 1.72. The highest BCUT2D eigenvalue weighted by Crippen LogP contribution is 2.04. The molecule has 0 aliphatic rings. The second-order valence-electron chi connectivity index (χ2n) is 3.81. The fraction of sp³-hybridized carbons (Fsp3) is 0.889. The average molecular weight is 173 g/mol. The zero-order valence-electron chi connectivity index (χ0n) is 8.42. The number of carbonyl (C=O) groups excluding carboxylic acids is 1. The summed E-state index contributed by atoms with van der Waals surface area (Å²) in [6, 6.07) is 0. The number of hydrogen-bond donors (Lipinski definition) is 1. The van der Waals surface area contributed by atoms with Crippen molar-refractivity contribution in [2.24, 2.45) is 0 Å². The van der Waals surface area contributed by atoms with E-state index in [4.69, 9.17) is 0 Å². The minimum absolute atomic E-state index is 0.0969. The lowest BCUT2D eigenvalue weighted by Crippen LogP contribution is -2.39. The number of likely N-dealkylation sites (N-methyl/N-ethyl adjacent to an activating group) is 1. The summed E-state index contributed by atoms with van der Waals surface area (Å²) in [5, 5.41) is 9.41. The molecule has 1 N–H and O–H groups in total. The Bertz CT molecular complexity index is 149. The third kappa shape index (κ3) is 5.13. The minimum Gasteiger partial charge on any atom is -0.389 e. The van der Waals surface area contributed by atoms with E-state index in [-0.39, 0.29) is 5.91 Å². The maximum Gasteiger partial charge on any atom is 0.222 e. The van der Waals surface area contributed by atoms with Crippen LogP contribution in [0.5, 0.6) is 0 Å². The number of nitrogens with zero attached hydrogens (tertiary/aromatic N) is 1. The molecular formula is C9H19NO2. The molecule has 0 aromatic rings. The normalized spacial score (nSPS) is 11.4. The highest BCUT2D eigenvalue weighted by molar-refractivity contribution is 5.75. The van der Waals surface area contributed by atoms with E-state index in [1.54, 1.807) is 25.8 Å². The Labute approximate surface area is 74.4 Å². The van der Waals surface area contributed by atoms with Gasteiger partial charge in [-0.1, -0.05) is 6.92 Å². The van der Waals surface area contributed by atoms with Crippen LogP contribution in [-0.4, -0.2) is 35.1 Å². The first-order valence-corrected chi connectivity index (χ1v) is 4.33. The fourth-order valence-corrected chi connectivity index (χ4v) is 1.07. The van der Waals surface area contributed by atoms with Gasteiger partial charge in [0.15, 0.2) is 0 Å². The SMILES string of the molecule is CCCC(=O)N(C)CC(C)(C)O. The molecule has 0 aromatic carbocycles. The lowest BCUT2D eigenvalue weighted by atomic mass is 10.1. The summed E-state index contributed by atoms with van der Waals surface area (Å²) in [6.07, 6.45) is 1.42. The lowest BCUT2D eigenvalue weighted by Gasteiger charge is -2.25. The van der Waals surface area contributed by atoms with E-state index in [1.165, 1.54) is 0 Å². The molecule has 0 aliphatic carbocycles. The Hall–Kier alpha value is -0.570. The van der Waals surface area contributed by atoms with Gasteiger partial charge in [-0.05, 0) is 20.3 Å². The molecule has 12 heavy (non-hydrogen) atoms. The fourth-order valence-electron chi connectivity index (χ4n) is 1.07. The molecule has 0 fully saturated rings. The van der Waals surface area contributed by atoms with Crippen LogP contribution in [0, 0.1) is 0 Å². The number of hydrogen-bond acceptors (Lipinski definition) is 2. The van der Waals surface area contributed by atoms with E-state index < -0.39 is 5.60 Å². The van der Waals surface area contributed by atoms with Gasteiger partial charge in [-0.2, -0.15) is 0 Å². The van der Waals surface area contributed by atoms with Gasteiger partial charge in [-0.15, -0.1) is 0 Å². The second-order valence-corrected chi connectivity index (χ2v) is 3.81. The van der Waals surface area contributed by atoms with Gasteiger partial charge in [0.25, 0.3) is 0 Å². The van der Waals surface area contributed by atoms with Crippen molar-refractivity contribution in [2.45, 2.75) is 39.2 Å². The van der Waals surface area contributed by atoms with Gasteiger partial charge in [-0.3, -0.25) is 4.79 Å². The van der Waals surface area contributed by atoms with E-state index in [0.717, 1.165) is 6.42 Å². The van der Waals surface area contributed by atoms with Crippen LogP contribution in [0.4, 0.5) is 0 Å². The molecule has 0 saturated carbocycles. The van der Waals surface area contributed by atoms with Crippen LogP contribution in [0.3, 0.4) is 0 Å². The van der Waals surface area contributed by atoms with Crippen molar-refractivity contribution < 1.29 is 9.90 Å². The van der Waals surface area contributed by atoms with E-state index in [2.05, 4.69) is 0 Å². The predicted octanol–water partition coefficient (Wildman–Crippen LogP) is 1.02. The molecular weight excluding hydrogens is 154 g/mol. The average Bonchev–Trinajstić information content (AvgIpc) is 1.84. The quantitative estimate of drug-likeness (QED) is 0.689. The Morgan fingerprint density at radius 2 is 2.00 bits per heavy atom. The van der Waals surface area contributed by atoms with Gasteiger partial charge in [0.2, 0.25) is 5.91 Å². The summed E-state index contributed by atoms with van der Waals surface area (Å²) in [6.45, 7) is 5.76. The zero-order chi connectivity index (χ0) is 9.78. The standard InChI is InChI=1S/C9H19NO2/c1-5-6-8(11)10(4)7-9(2,3)12/h12H,5-7H2,1-4H3. The first kappa shape index (κ1) is 11.4. The van der Waals surface area contributed by atoms with Gasteiger partial charge in [0.05, 0.1) is 5.60 Å². The molecule has 0 unspecified atom stereocenters. The Kier molecular flexibility index (Phi) is 4.24. The molecule has 0 radical (unpaired) electrons. The van der Waals surface area contributed by atoms with Crippen LogP contribution in [0.15, 0.2) is 0 Å². The lowest BCUT2D eigenvalue weighted by molar-refractivity contribution is -0.132. The third-order valence-corrected chi connectivity index (χ3v) is 1.51. The molecule has 0 heterocycles. The molecule has 0 aromatic heterocycles. The van der Waals surface area contributed by atoms with Crippen LogP contribution in [0.2, 0.25) is 0 Å². The van der Waals surface area contributed by atoms with Gasteiger partial charge in [0.1, 0.15) is 0 Å². The van der Waals surface area contributed by atoms with Crippen molar-refractivity contribution in [3.8, 4) is 0 Å². The maximum atomic E-state index is 11.2. The van der Waals surface area contributed by atoms with Crippen molar-refractivity contribution in [1.29, 1.82) is 0 Å². The van der Waals surface area contributed by atoms with Crippen LogP contribution in [-0.2, 0) is 4.79 Å². The topological polar surface area (TPSA) is 40.5 Å². The molecule has 72 valence electrons. The van der Waals surface area contributed by atoms with E-state index >= 15 is 0 Å². The summed E-state index contributed by atoms with van der Waals surface area (Å²) < 4.78 is 0. The summed E-state index contributed by atoms with van der Waals surface area (Å²) in [5.41, 5.74) is -0.794. The molecule has 1 amide bonds. The van der Waals surface area contributed by atoms with Crippen molar-refractivity contribution in [3.63, 3.8) is 0 Å². The number of aliphatic hydroxyl groups is 1. The van der Waals surface area contributed by atoms with Crippen LogP contribution >= 0.6 is 0 Å². The van der Waals surface area contributed by atoms with E-state index in [1.807, 2.05) is 6.92 Å². The number of carbonyl (C=O) groups is 1. The summed E-state index contributed by atoms with van der Waals surface area (Å²) in [4.78, 5) is 12.8. The van der Waals surface area contributed by atoms with Crippen molar-refractivity contribution >= 4 is 5.91 Å². The molecule has 3 nitrogen and oxygen atoms in total. The molecule has 0 aliphatic heterocycles. The number of rotatable bonds is 4. The van der Waals surface area contributed by atoms with Gasteiger partial charge >= 0.3 is 0 Å². The van der Waals surface area contributed by atoms with E-state index in [9.17, 15) is 9.90 Å². The molecule has 0 bridgehead atoms. The molecule has 0 rings (SSSR count). The summed E-state index contributed by atoms with van der Waals surface area (Å²) in [5.74, 6) is 0.0969. The first-order chi connectivity index (χ1) is 5.37. The number of amides is 1. The largest absolute Gasteiger partial charge is 0.389 e. The Morgan fingerprint density at radius 3 is 2.33 bits per heavy atom. The van der Waals surface area contributed by atoms with E-state index in [0.29, 0.717) is 13.0 Å². The monoisotopic (exact) mass is 173 g/mol. The van der Waals surface area contributed by atoms with Gasteiger partial charge < -0.3 is 10.0 Å². The Morgan fingerprint density at radius 1 is 1.50 bits per heavy atom. The van der Waals surface area contributed by atoms with Crippen molar-refractivity contribution in [1.82, 2.24) is 4.90 Å². The smallest absolute Gasteiger partial charge is 0.222 e. The first-order valence-electron chi connectivity index (χ1n) is 4.33. The van der Waals surface area contributed by atoms with Crippen molar-refractivity contribution in [3.05, 3.63) is 0 Å². The van der Waals surface area contributed by atoms with Crippen LogP contribution < -0.4 is 0 Å². The second kappa shape index (κ2) is 4.45. The molecule has 0 spiro atoms. The maximum absolute atomic E-state index is 11.2. The third-order valence-electron chi connectivity index (χ3n) is 1.51. The molecule has 3 heteroatoms. The summed E-state index contributed by atoms with van der Waals surface area (Å²) >= 11 is 0. The highest BCUT2D eigenvalue weighted by Gasteiger charge is 2.18.